The average Bonchev–Trinajstić information content (AvgIpc) is 2.81. The molecule has 1 aromatic rings. The molecule has 1 aromatic heterocycles. The van der Waals surface area contributed by atoms with Gasteiger partial charge in [-0.1, -0.05) is 26.7 Å². The van der Waals surface area contributed by atoms with Crippen LogP contribution in [0.25, 0.3) is 0 Å². The molecule has 0 aliphatic heterocycles. The molecule has 98 valence electrons. The standard InChI is InChI=1S/C13H19N3OS/c1-5-11(9(3)4)16-13(17)14-7-10-8-18-12(6-2)15-10/h1,8-9,11H,6-7H2,2-4H3,(H2,14,16,17). The molecule has 2 N–H and O–H groups in total. The Bertz CT molecular complexity index is 434. The van der Waals surface area contributed by atoms with Crippen LogP contribution in [-0.2, 0) is 13.0 Å². The molecule has 0 saturated heterocycles. The minimum Gasteiger partial charge on any atom is -0.332 e. The van der Waals surface area contributed by atoms with Crippen molar-refractivity contribution in [3.63, 3.8) is 0 Å². The van der Waals surface area contributed by atoms with Gasteiger partial charge in [-0.05, 0) is 12.3 Å². The molecule has 1 heterocycles. The second-order valence-corrected chi connectivity index (χ2v) is 5.24. The molecule has 2 amide bonds. The van der Waals surface area contributed by atoms with Crippen LogP contribution >= 0.6 is 11.3 Å². The predicted octanol–water partition coefficient (Wildman–Crippen LogP) is 2.16. The van der Waals surface area contributed by atoms with Crippen LogP contribution < -0.4 is 10.6 Å². The second kappa shape index (κ2) is 7.02. The Kier molecular flexibility index (Phi) is 5.66. The number of terminal acetylenes is 1. The Morgan fingerprint density at radius 1 is 1.61 bits per heavy atom. The van der Waals surface area contributed by atoms with Gasteiger partial charge in [-0.25, -0.2) is 9.78 Å². The van der Waals surface area contributed by atoms with E-state index in [1.165, 1.54) is 0 Å². The Balaban J connectivity index is 2.39. The van der Waals surface area contributed by atoms with Gasteiger partial charge >= 0.3 is 6.03 Å². The van der Waals surface area contributed by atoms with Gasteiger partial charge in [0.2, 0.25) is 0 Å². The summed E-state index contributed by atoms with van der Waals surface area (Å²) in [5, 5.41) is 8.54. The minimum absolute atomic E-state index is 0.215. The van der Waals surface area contributed by atoms with Crippen LogP contribution in [0, 0.1) is 18.3 Å². The van der Waals surface area contributed by atoms with Crippen molar-refractivity contribution in [2.24, 2.45) is 5.92 Å². The number of carbonyl (C=O) groups excluding carboxylic acids is 1. The van der Waals surface area contributed by atoms with Crippen molar-refractivity contribution in [1.29, 1.82) is 0 Å². The van der Waals surface area contributed by atoms with Crippen LogP contribution in [0.2, 0.25) is 0 Å². The van der Waals surface area contributed by atoms with Gasteiger partial charge in [-0.15, -0.1) is 17.8 Å². The summed E-state index contributed by atoms with van der Waals surface area (Å²) in [4.78, 5) is 16.0. The molecule has 1 atom stereocenters. The van der Waals surface area contributed by atoms with Crippen LogP contribution in [0.15, 0.2) is 5.38 Å². The van der Waals surface area contributed by atoms with E-state index in [1.54, 1.807) is 11.3 Å². The van der Waals surface area contributed by atoms with Crippen molar-refractivity contribution < 1.29 is 4.79 Å². The van der Waals surface area contributed by atoms with Crippen LogP contribution in [0.3, 0.4) is 0 Å². The molecule has 4 nitrogen and oxygen atoms in total. The molecular formula is C13H19N3OS. The van der Waals surface area contributed by atoms with Crippen LogP contribution in [0.4, 0.5) is 4.79 Å². The number of hydrogen-bond acceptors (Lipinski definition) is 3. The molecule has 0 bridgehead atoms. The number of rotatable bonds is 5. The summed E-state index contributed by atoms with van der Waals surface area (Å²) in [5.41, 5.74) is 0.883. The predicted molar refractivity (Wildman–Crippen MR) is 74.3 cm³/mol. The number of thiazole rings is 1. The smallest absolute Gasteiger partial charge is 0.316 e. The van der Waals surface area contributed by atoms with Gasteiger partial charge in [0.25, 0.3) is 0 Å². The highest BCUT2D eigenvalue weighted by atomic mass is 32.1. The molecule has 1 unspecified atom stereocenters. The molecule has 18 heavy (non-hydrogen) atoms. The third-order valence-electron chi connectivity index (χ3n) is 2.46. The lowest BCUT2D eigenvalue weighted by atomic mass is 10.1. The number of amides is 2. The lowest BCUT2D eigenvalue weighted by Gasteiger charge is -2.16. The highest BCUT2D eigenvalue weighted by Crippen LogP contribution is 2.09. The fourth-order valence-corrected chi connectivity index (χ4v) is 2.10. The number of aromatic nitrogens is 1. The normalized spacial score (nSPS) is 11.9. The summed E-state index contributed by atoms with van der Waals surface area (Å²) >= 11 is 1.61. The van der Waals surface area contributed by atoms with Gasteiger partial charge in [0, 0.05) is 5.38 Å². The van der Waals surface area contributed by atoms with E-state index in [4.69, 9.17) is 6.42 Å². The first-order chi connectivity index (χ1) is 8.56. The van der Waals surface area contributed by atoms with E-state index in [1.807, 2.05) is 19.2 Å². The van der Waals surface area contributed by atoms with Crippen LogP contribution in [0.1, 0.15) is 31.5 Å². The number of aryl methyl sites for hydroxylation is 1. The van der Waals surface area contributed by atoms with E-state index < -0.39 is 0 Å². The van der Waals surface area contributed by atoms with E-state index in [2.05, 4.69) is 28.5 Å². The maximum absolute atomic E-state index is 11.6. The number of hydrogen-bond donors (Lipinski definition) is 2. The van der Waals surface area contributed by atoms with Gasteiger partial charge in [-0.3, -0.25) is 0 Å². The monoisotopic (exact) mass is 265 g/mol. The third-order valence-corrected chi connectivity index (χ3v) is 3.51. The van der Waals surface area contributed by atoms with Crippen molar-refractivity contribution in [3.8, 4) is 12.3 Å². The third kappa shape index (κ3) is 4.38. The van der Waals surface area contributed by atoms with E-state index in [-0.39, 0.29) is 18.0 Å². The fourth-order valence-electron chi connectivity index (χ4n) is 1.36. The first kappa shape index (κ1) is 14.5. The van der Waals surface area contributed by atoms with E-state index in [0.717, 1.165) is 17.1 Å². The van der Waals surface area contributed by atoms with Gasteiger partial charge < -0.3 is 10.6 Å². The Labute approximate surface area is 112 Å². The number of carbonyl (C=O) groups is 1. The SMILES string of the molecule is C#CC(NC(=O)NCc1csc(CC)n1)C(C)C. The molecule has 0 spiro atoms. The quantitative estimate of drug-likeness (QED) is 0.802. The molecule has 1 rings (SSSR count). The van der Waals surface area contributed by atoms with Crippen molar-refractivity contribution in [3.05, 3.63) is 16.1 Å². The van der Waals surface area contributed by atoms with Crippen molar-refractivity contribution in [2.45, 2.75) is 39.8 Å². The largest absolute Gasteiger partial charge is 0.332 e. The first-order valence-corrected chi connectivity index (χ1v) is 6.88. The summed E-state index contributed by atoms with van der Waals surface area (Å²) in [7, 11) is 0. The Morgan fingerprint density at radius 2 is 2.33 bits per heavy atom. The zero-order chi connectivity index (χ0) is 13.5. The Hall–Kier alpha value is -1.54. The zero-order valence-corrected chi connectivity index (χ0v) is 11.8. The average molecular weight is 265 g/mol. The zero-order valence-electron chi connectivity index (χ0n) is 11.0. The summed E-state index contributed by atoms with van der Waals surface area (Å²) in [6.45, 7) is 6.43. The van der Waals surface area contributed by atoms with Gasteiger partial charge in [0.1, 0.15) is 0 Å². The highest BCUT2D eigenvalue weighted by Gasteiger charge is 2.13. The molecule has 0 fully saturated rings. The molecule has 5 heteroatoms. The van der Waals surface area contributed by atoms with Crippen molar-refractivity contribution in [2.75, 3.05) is 0 Å². The van der Waals surface area contributed by atoms with Crippen LogP contribution in [0.5, 0.6) is 0 Å². The lowest BCUT2D eigenvalue weighted by Crippen LogP contribution is -2.43. The number of nitrogens with one attached hydrogen (secondary N) is 2. The molecule has 0 radical (unpaired) electrons. The van der Waals surface area contributed by atoms with E-state index in [9.17, 15) is 4.79 Å². The summed E-state index contributed by atoms with van der Waals surface area (Å²) < 4.78 is 0. The van der Waals surface area contributed by atoms with Crippen molar-refractivity contribution in [1.82, 2.24) is 15.6 Å². The molecule has 0 saturated carbocycles. The molecule has 0 aliphatic rings. The number of urea groups is 1. The summed E-state index contributed by atoms with van der Waals surface area (Å²) in [6.07, 6.45) is 6.27. The molecular weight excluding hydrogens is 246 g/mol. The molecule has 0 aromatic carbocycles. The summed E-state index contributed by atoms with van der Waals surface area (Å²) in [5.74, 6) is 2.77. The maximum atomic E-state index is 11.6. The topological polar surface area (TPSA) is 54.0 Å². The Morgan fingerprint density at radius 3 is 2.83 bits per heavy atom. The maximum Gasteiger partial charge on any atom is 0.316 e. The van der Waals surface area contributed by atoms with E-state index >= 15 is 0 Å². The van der Waals surface area contributed by atoms with Crippen LogP contribution in [-0.4, -0.2) is 17.1 Å². The molecule has 0 aliphatic carbocycles. The highest BCUT2D eigenvalue weighted by molar-refractivity contribution is 7.09. The fraction of sp³-hybridized carbons (Fsp3) is 0.538. The lowest BCUT2D eigenvalue weighted by molar-refractivity contribution is 0.236. The van der Waals surface area contributed by atoms with E-state index in [0.29, 0.717) is 6.54 Å². The minimum atomic E-state index is -0.252. The van der Waals surface area contributed by atoms with Gasteiger partial charge in [-0.2, -0.15) is 0 Å². The first-order valence-electron chi connectivity index (χ1n) is 6.00. The van der Waals surface area contributed by atoms with Gasteiger partial charge in [0.05, 0.1) is 23.3 Å². The van der Waals surface area contributed by atoms with Crippen molar-refractivity contribution >= 4 is 17.4 Å². The van der Waals surface area contributed by atoms with Gasteiger partial charge in [0.15, 0.2) is 0 Å². The second-order valence-electron chi connectivity index (χ2n) is 4.30. The number of nitrogens with zero attached hydrogens (tertiary/aromatic N) is 1. The summed E-state index contributed by atoms with van der Waals surface area (Å²) in [6, 6.07) is -0.496.